The lowest BCUT2D eigenvalue weighted by Gasteiger charge is -2.32. The molecule has 1 saturated carbocycles. The van der Waals surface area contributed by atoms with Crippen LogP contribution in [0.1, 0.15) is 31.7 Å². The van der Waals surface area contributed by atoms with E-state index >= 15 is 0 Å². The number of piperidine rings is 1. The summed E-state index contributed by atoms with van der Waals surface area (Å²) in [5.74, 6) is -1.17. The van der Waals surface area contributed by atoms with E-state index in [1.807, 2.05) is 10.9 Å². The van der Waals surface area contributed by atoms with E-state index in [-0.39, 0.29) is 11.4 Å². The van der Waals surface area contributed by atoms with Crippen LogP contribution in [0.4, 0.5) is 20.4 Å². The van der Waals surface area contributed by atoms with Crippen LogP contribution >= 0.6 is 0 Å². The number of likely N-dealkylation sites (tertiary alicyclic amines) is 1. The Labute approximate surface area is 182 Å². The Morgan fingerprint density at radius 3 is 2.44 bits per heavy atom. The molecule has 0 spiro atoms. The summed E-state index contributed by atoms with van der Waals surface area (Å²) in [5.41, 5.74) is 0.891. The van der Waals surface area contributed by atoms with Gasteiger partial charge in [-0.25, -0.2) is 13.8 Å². The van der Waals surface area contributed by atoms with E-state index in [0.29, 0.717) is 17.6 Å². The first kappa shape index (κ1) is 19.3. The third-order valence-electron chi connectivity index (χ3n) is 6.24. The number of aromatic nitrogens is 6. The SMILES string of the molecule is Fc1cccc(F)c1-c1nc(Nc2cnn(C3CCN(C4CC4)CC3)c2)n2nccc2n1. The predicted octanol–water partition coefficient (Wildman–Crippen LogP) is 3.81. The molecule has 164 valence electrons. The number of rotatable bonds is 5. The minimum atomic E-state index is -0.717. The maximum atomic E-state index is 14.3. The van der Waals surface area contributed by atoms with Crippen molar-refractivity contribution in [1.82, 2.24) is 34.3 Å². The van der Waals surface area contributed by atoms with Crippen molar-refractivity contribution in [1.29, 1.82) is 0 Å². The summed E-state index contributed by atoms with van der Waals surface area (Å²) in [7, 11) is 0. The third-order valence-corrected chi connectivity index (χ3v) is 6.24. The molecule has 4 aromatic rings. The van der Waals surface area contributed by atoms with Crippen LogP contribution in [0.5, 0.6) is 0 Å². The van der Waals surface area contributed by atoms with Gasteiger partial charge in [0.05, 0.1) is 29.7 Å². The monoisotopic (exact) mass is 436 g/mol. The van der Waals surface area contributed by atoms with Gasteiger partial charge in [-0.2, -0.15) is 19.7 Å². The summed E-state index contributed by atoms with van der Waals surface area (Å²) < 4.78 is 32.1. The van der Waals surface area contributed by atoms with Crippen LogP contribution in [0, 0.1) is 11.6 Å². The Balaban J connectivity index is 1.27. The van der Waals surface area contributed by atoms with Gasteiger partial charge in [-0.3, -0.25) is 4.68 Å². The minimum Gasteiger partial charge on any atom is -0.321 e. The van der Waals surface area contributed by atoms with Crippen molar-refractivity contribution < 1.29 is 8.78 Å². The van der Waals surface area contributed by atoms with Crippen molar-refractivity contribution in [3.63, 3.8) is 0 Å². The Morgan fingerprint density at radius 1 is 0.906 bits per heavy atom. The van der Waals surface area contributed by atoms with Crippen molar-refractivity contribution in [2.24, 2.45) is 0 Å². The topological polar surface area (TPSA) is 76.2 Å². The fraction of sp³-hybridized carbons (Fsp3) is 0.364. The first-order valence-electron chi connectivity index (χ1n) is 10.9. The van der Waals surface area contributed by atoms with Gasteiger partial charge < -0.3 is 10.2 Å². The van der Waals surface area contributed by atoms with Gasteiger partial charge in [0.25, 0.3) is 0 Å². The molecule has 0 amide bonds. The lowest BCUT2D eigenvalue weighted by molar-refractivity contribution is 0.172. The summed E-state index contributed by atoms with van der Waals surface area (Å²) in [4.78, 5) is 11.2. The number of hydrogen-bond donors (Lipinski definition) is 1. The fourth-order valence-corrected chi connectivity index (χ4v) is 4.42. The van der Waals surface area contributed by atoms with Crippen LogP contribution in [0.3, 0.4) is 0 Å². The van der Waals surface area contributed by atoms with Gasteiger partial charge >= 0.3 is 0 Å². The maximum absolute atomic E-state index is 14.3. The van der Waals surface area contributed by atoms with Crippen molar-refractivity contribution in [2.75, 3.05) is 18.4 Å². The molecule has 1 aliphatic heterocycles. The van der Waals surface area contributed by atoms with Crippen molar-refractivity contribution in [3.05, 3.63) is 54.5 Å². The van der Waals surface area contributed by atoms with E-state index in [1.165, 1.54) is 35.6 Å². The second-order valence-electron chi connectivity index (χ2n) is 8.40. The molecule has 32 heavy (non-hydrogen) atoms. The molecule has 1 saturated heterocycles. The van der Waals surface area contributed by atoms with Crippen LogP contribution in [0.25, 0.3) is 17.0 Å². The van der Waals surface area contributed by atoms with Gasteiger partial charge in [0.15, 0.2) is 11.5 Å². The Hall–Kier alpha value is -3.40. The molecular weight excluding hydrogens is 414 g/mol. The molecule has 0 unspecified atom stereocenters. The van der Waals surface area contributed by atoms with E-state index < -0.39 is 11.6 Å². The lowest BCUT2D eigenvalue weighted by atomic mass is 10.1. The quantitative estimate of drug-likeness (QED) is 0.513. The zero-order valence-corrected chi connectivity index (χ0v) is 17.3. The van der Waals surface area contributed by atoms with E-state index in [4.69, 9.17) is 0 Å². The highest BCUT2D eigenvalue weighted by atomic mass is 19.1. The van der Waals surface area contributed by atoms with Crippen LogP contribution in [0.15, 0.2) is 42.9 Å². The average molecular weight is 436 g/mol. The zero-order chi connectivity index (χ0) is 21.7. The molecule has 1 N–H and O–H groups in total. The predicted molar refractivity (Wildman–Crippen MR) is 115 cm³/mol. The third kappa shape index (κ3) is 3.50. The van der Waals surface area contributed by atoms with E-state index in [2.05, 4.69) is 30.4 Å². The first-order chi connectivity index (χ1) is 15.7. The van der Waals surface area contributed by atoms with Gasteiger partial charge in [0.2, 0.25) is 5.95 Å². The Morgan fingerprint density at radius 2 is 1.69 bits per heavy atom. The second-order valence-corrected chi connectivity index (χ2v) is 8.40. The molecule has 1 aliphatic carbocycles. The highest BCUT2D eigenvalue weighted by molar-refractivity contribution is 5.63. The normalized spacial score (nSPS) is 17.8. The van der Waals surface area contributed by atoms with E-state index in [0.717, 1.165) is 37.7 Å². The van der Waals surface area contributed by atoms with Gasteiger partial charge in [0, 0.05) is 31.4 Å². The molecular formula is C22H22F2N8. The van der Waals surface area contributed by atoms with Crippen molar-refractivity contribution >= 4 is 17.3 Å². The van der Waals surface area contributed by atoms with Crippen molar-refractivity contribution in [2.45, 2.75) is 37.8 Å². The number of fused-ring (bicyclic) bond motifs is 1. The average Bonchev–Trinajstić information content (AvgIpc) is 3.35. The largest absolute Gasteiger partial charge is 0.321 e. The zero-order valence-electron chi connectivity index (χ0n) is 17.3. The summed E-state index contributed by atoms with van der Waals surface area (Å²) in [6.45, 7) is 2.21. The van der Waals surface area contributed by atoms with Gasteiger partial charge in [-0.1, -0.05) is 6.07 Å². The molecule has 2 aliphatic rings. The van der Waals surface area contributed by atoms with Gasteiger partial charge in [-0.15, -0.1) is 0 Å². The number of nitrogens with zero attached hydrogens (tertiary/aromatic N) is 7. The summed E-state index contributed by atoms with van der Waals surface area (Å²) >= 11 is 0. The Bertz CT molecular complexity index is 1250. The van der Waals surface area contributed by atoms with Gasteiger partial charge in [-0.05, 0) is 37.8 Å². The van der Waals surface area contributed by atoms with Crippen LogP contribution in [-0.4, -0.2) is 53.4 Å². The minimum absolute atomic E-state index is 0.0454. The van der Waals surface area contributed by atoms with E-state index in [9.17, 15) is 8.78 Å². The standard InChI is InChI=1S/C22H22F2N8/c23-17-2-1-3-18(24)20(17)21-28-19-6-9-25-32(19)22(29-21)27-14-12-26-31(13-14)16-7-10-30(11-8-16)15-4-5-15/h1-3,6,9,12-13,15-16H,4-5,7-8,10-11H2,(H,27,28,29). The molecule has 2 fully saturated rings. The maximum Gasteiger partial charge on any atom is 0.232 e. The molecule has 4 heterocycles. The molecule has 10 heteroatoms. The molecule has 3 aromatic heterocycles. The smallest absolute Gasteiger partial charge is 0.232 e. The van der Waals surface area contributed by atoms with Crippen LogP contribution in [-0.2, 0) is 0 Å². The van der Waals surface area contributed by atoms with Crippen LogP contribution in [0.2, 0.25) is 0 Å². The highest BCUT2D eigenvalue weighted by Gasteiger charge is 2.32. The summed E-state index contributed by atoms with van der Waals surface area (Å²) in [6, 6.07) is 6.51. The molecule has 1 aromatic carbocycles. The van der Waals surface area contributed by atoms with Gasteiger partial charge in [0.1, 0.15) is 11.6 Å². The molecule has 6 rings (SSSR count). The summed E-state index contributed by atoms with van der Waals surface area (Å²) in [6.07, 6.45) is 10.1. The molecule has 0 bridgehead atoms. The molecule has 0 atom stereocenters. The Kier molecular flexibility index (Phi) is 4.60. The highest BCUT2D eigenvalue weighted by Crippen LogP contribution is 2.32. The molecule has 0 radical (unpaired) electrons. The second kappa shape index (κ2) is 7.63. The van der Waals surface area contributed by atoms with Crippen LogP contribution < -0.4 is 5.32 Å². The number of halogens is 2. The summed E-state index contributed by atoms with van der Waals surface area (Å²) in [5, 5.41) is 12.0. The number of anilines is 2. The number of benzene rings is 1. The first-order valence-corrected chi connectivity index (χ1v) is 10.9. The fourth-order valence-electron chi connectivity index (χ4n) is 4.42. The molecule has 8 nitrogen and oxygen atoms in total. The van der Waals surface area contributed by atoms with E-state index in [1.54, 1.807) is 18.5 Å². The van der Waals surface area contributed by atoms with Crippen molar-refractivity contribution in [3.8, 4) is 11.4 Å². The number of nitrogens with one attached hydrogen (secondary N) is 1. The lowest BCUT2D eigenvalue weighted by Crippen LogP contribution is -2.36. The number of hydrogen-bond acceptors (Lipinski definition) is 6.